The first-order chi connectivity index (χ1) is 6.70. The fourth-order valence-electron chi connectivity index (χ4n) is 1.30. The van der Waals surface area contributed by atoms with Crippen LogP contribution >= 0.6 is 25.3 Å². The Morgan fingerprint density at radius 1 is 0.714 bits per heavy atom. The van der Waals surface area contributed by atoms with Crippen LogP contribution in [0.1, 0.15) is 38.5 Å². The Morgan fingerprint density at radius 3 is 1.36 bits per heavy atom. The molecule has 0 aliphatic rings. The second-order valence-corrected chi connectivity index (χ2v) is 4.39. The molecule has 0 spiro atoms. The first kappa shape index (κ1) is 14.6. The number of rotatable bonds is 9. The predicted molar refractivity (Wildman–Crippen MR) is 67.4 cm³/mol. The van der Waals surface area contributed by atoms with E-state index in [1.807, 2.05) is 0 Å². The quantitative estimate of drug-likeness (QED) is 0.366. The second kappa shape index (κ2) is 10.1. The van der Waals surface area contributed by atoms with E-state index in [4.69, 9.17) is 0 Å². The summed E-state index contributed by atoms with van der Waals surface area (Å²) in [5.41, 5.74) is 0. The minimum Gasteiger partial charge on any atom is -0.392 e. The minimum absolute atomic E-state index is 0.249. The first-order valence-electron chi connectivity index (χ1n) is 5.28. The van der Waals surface area contributed by atoms with Gasteiger partial charge in [-0.05, 0) is 12.8 Å². The summed E-state index contributed by atoms with van der Waals surface area (Å²) in [7, 11) is 0. The molecule has 0 aromatic carbocycles. The van der Waals surface area contributed by atoms with Crippen molar-refractivity contribution in [3.8, 4) is 0 Å². The van der Waals surface area contributed by atoms with Crippen LogP contribution in [0.5, 0.6) is 0 Å². The van der Waals surface area contributed by atoms with Crippen molar-refractivity contribution in [1.29, 1.82) is 0 Å². The Bertz CT molecular complexity index is 109. The standard InChI is InChI=1S/C10H22O2S2/c11-9(7-13)5-3-1-2-4-6-10(12)8-14/h9-14H,1-8H2. The van der Waals surface area contributed by atoms with Crippen LogP contribution in [0.4, 0.5) is 0 Å². The van der Waals surface area contributed by atoms with Gasteiger partial charge in [0, 0.05) is 11.5 Å². The molecule has 0 radical (unpaired) electrons. The Hall–Kier alpha value is 0.620. The van der Waals surface area contributed by atoms with Crippen LogP contribution < -0.4 is 0 Å². The van der Waals surface area contributed by atoms with Gasteiger partial charge in [-0.25, -0.2) is 0 Å². The van der Waals surface area contributed by atoms with Gasteiger partial charge in [0.1, 0.15) is 0 Å². The highest BCUT2D eigenvalue weighted by Gasteiger charge is 2.02. The number of hydrogen-bond acceptors (Lipinski definition) is 4. The Labute approximate surface area is 97.9 Å². The molecule has 0 aromatic rings. The van der Waals surface area contributed by atoms with E-state index in [0.717, 1.165) is 38.5 Å². The van der Waals surface area contributed by atoms with E-state index in [1.165, 1.54) is 0 Å². The van der Waals surface area contributed by atoms with Crippen LogP contribution in [0, 0.1) is 0 Å². The number of aliphatic hydroxyl groups is 2. The third kappa shape index (κ3) is 9.19. The van der Waals surface area contributed by atoms with E-state index in [1.54, 1.807) is 0 Å². The molecule has 0 amide bonds. The molecule has 0 saturated carbocycles. The van der Waals surface area contributed by atoms with Gasteiger partial charge in [-0.1, -0.05) is 25.7 Å². The normalized spacial score (nSPS) is 15.4. The maximum Gasteiger partial charge on any atom is 0.0628 e. The topological polar surface area (TPSA) is 40.5 Å². The lowest BCUT2D eigenvalue weighted by Crippen LogP contribution is -2.08. The molecule has 0 fully saturated rings. The van der Waals surface area contributed by atoms with Crippen molar-refractivity contribution < 1.29 is 10.2 Å². The molecular weight excluding hydrogens is 216 g/mol. The lowest BCUT2D eigenvalue weighted by molar-refractivity contribution is 0.179. The smallest absolute Gasteiger partial charge is 0.0628 e. The van der Waals surface area contributed by atoms with Crippen molar-refractivity contribution in [2.45, 2.75) is 50.7 Å². The lowest BCUT2D eigenvalue weighted by atomic mass is 10.1. The Morgan fingerprint density at radius 2 is 1.07 bits per heavy atom. The molecular formula is C10H22O2S2. The Kier molecular flexibility index (Phi) is 10.6. The molecule has 2 unspecified atom stereocenters. The molecule has 0 bridgehead atoms. The first-order valence-corrected chi connectivity index (χ1v) is 6.55. The largest absolute Gasteiger partial charge is 0.392 e. The van der Waals surface area contributed by atoms with Gasteiger partial charge < -0.3 is 10.2 Å². The number of aliphatic hydroxyl groups excluding tert-OH is 2. The van der Waals surface area contributed by atoms with Gasteiger partial charge in [-0.15, -0.1) is 0 Å². The molecule has 14 heavy (non-hydrogen) atoms. The predicted octanol–water partition coefficient (Wildman–Crippen LogP) is 1.91. The number of hydrogen-bond donors (Lipinski definition) is 4. The maximum absolute atomic E-state index is 9.21. The summed E-state index contributed by atoms with van der Waals surface area (Å²) in [6.07, 6.45) is 5.56. The summed E-state index contributed by atoms with van der Waals surface area (Å²) in [4.78, 5) is 0. The summed E-state index contributed by atoms with van der Waals surface area (Å²) in [6.45, 7) is 0. The van der Waals surface area contributed by atoms with Crippen molar-refractivity contribution in [1.82, 2.24) is 0 Å². The van der Waals surface area contributed by atoms with Crippen LogP contribution in [0.15, 0.2) is 0 Å². The fraction of sp³-hybridized carbons (Fsp3) is 1.00. The van der Waals surface area contributed by atoms with E-state index >= 15 is 0 Å². The highest BCUT2D eigenvalue weighted by atomic mass is 32.1. The van der Waals surface area contributed by atoms with Crippen molar-refractivity contribution >= 4 is 25.3 Å². The van der Waals surface area contributed by atoms with Crippen LogP contribution in [-0.4, -0.2) is 33.9 Å². The second-order valence-electron chi connectivity index (χ2n) is 3.66. The molecule has 2 nitrogen and oxygen atoms in total. The zero-order valence-electron chi connectivity index (χ0n) is 8.60. The van der Waals surface area contributed by atoms with Gasteiger partial charge in [0.25, 0.3) is 0 Å². The average molecular weight is 238 g/mol. The van der Waals surface area contributed by atoms with Crippen molar-refractivity contribution in [2.24, 2.45) is 0 Å². The van der Waals surface area contributed by atoms with Gasteiger partial charge in [0.05, 0.1) is 12.2 Å². The molecule has 0 aliphatic carbocycles. The molecule has 0 aliphatic heterocycles. The summed E-state index contributed by atoms with van der Waals surface area (Å²) < 4.78 is 0. The van der Waals surface area contributed by atoms with Gasteiger partial charge in [-0.2, -0.15) is 25.3 Å². The van der Waals surface area contributed by atoms with Crippen molar-refractivity contribution in [3.05, 3.63) is 0 Å². The van der Waals surface area contributed by atoms with Crippen molar-refractivity contribution in [2.75, 3.05) is 11.5 Å². The fourth-order valence-corrected chi connectivity index (χ4v) is 1.66. The van der Waals surface area contributed by atoms with Gasteiger partial charge in [0.2, 0.25) is 0 Å². The summed E-state index contributed by atoms with van der Waals surface area (Å²) in [5.74, 6) is 1.11. The third-order valence-electron chi connectivity index (χ3n) is 2.25. The molecule has 2 atom stereocenters. The third-order valence-corrected chi connectivity index (χ3v) is 3.09. The maximum atomic E-state index is 9.21. The zero-order valence-corrected chi connectivity index (χ0v) is 10.4. The summed E-state index contributed by atoms with van der Waals surface area (Å²) >= 11 is 8.01. The van der Waals surface area contributed by atoms with Gasteiger partial charge in [-0.3, -0.25) is 0 Å². The summed E-state index contributed by atoms with van der Waals surface area (Å²) in [6, 6.07) is 0. The van der Waals surface area contributed by atoms with E-state index < -0.39 is 0 Å². The van der Waals surface area contributed by atoms with E-state index in [-0.39, 0.29) is 12.2 Å². The van der Waals surface area contributed by atoms with Crippen LogP contribution in [0.2, 0.25) is 0 Å². The molecule has 86 valence electrons. The molecule has 0 aromatic heterocycles. The summed E-state index contributed by atoms with van der Waals surface area (Å²) in [5, 5.41) is 18.4. The van der Waals surface area contributed by atoms with E-state index in [9.17, 15) is 10.2 Å². The Balaban J connectivity index is 3.06. The highest BCUT2D eigenvalue weighted by Crippen LogP contribution is 2.09. The zero-order chi connectivity index (χ0) is 10.8. The molecule has 2 N–H and O–H groups in total. The highest BCUT2D eigenvalue weighted by molar-refractivity contribution is 7.80. The molecule has 0 rings (SSSR count). The van der Waals surface area contributed by atoms with Gasteiger partial charge >= 0.3 is 0 Å². The average Bonchev–Trinajstić information content (AvgIpc) is 2.22. The molecule has 4 heteroatoms. The van der Waals surface area contributed by atoms with Gasteiger partial charge in [0.15, 0.2) is 0 Å². The number of thiol groups is 2. The molecule has 0 saturated heterocycles. The van der Waals surface area contributed by atoms with Crippen LogP contribution in [0.25, 0.3) is 0 Å². The van der Waals surface area contributed by atoms with Crippen LogP contribution in [0.3, 0.4) is 0 Å². The number of unbranched alkanes of at least 4 members (excludes halogenated alkanes) is 3. The SMILES string of the molecule is OC(CS)CCCCCCC(O)CS. The lowest BCUT2D eigenvalue weighted by Gasteiger charge is -2.08. The van der Waals surface area contributed by atoms with E-state index in [0.29, 0.717) is 11.5 Å². The minimum atomic E-state index is -0.249. The molecule has 0 heterocycles. The van der Waals surface area contributed by atoms with Crippen LogP contribution in [-0.2, 0) is 0 Å². The van der Waals surface area contributed by atoms with Crippen molar-refractivity contribution in [3.63, 3.8) is 0 Å². The van der Waals surface area contributed by atoms with E-state index in [2.05, 4.69) is 25.3 Å². The monoisotopic (exact) mass is 238 g/mol.